The summed E-state index contributed by atoms with van der Waals surface area (Å²) in [6.45, 7) is 0. The van der Waals surface area contributed by atoms with Crippen molar-refractivity contribution in [2.75, 3.05) is 12.4 Å². The number of aromatic nitrogens is 5. The van der Waals surface area contributed by atoms with Crippen LogP contribution in [0.25, 0.3) is 33.5 Å². The molecule has 6 rings (SSSR count). The van der Waals surface area contributed by atoms with Crippen molar-refractivity contribution in [1.82, 2.24) is 25.0 Å². The summed E-state index contributed by atoms with van der Waals surface area (Å²) in [4.78, 5) is 16.4. The molecule has 1 amide bonds. The minimum atomic E-state index is -0.495. The van der Waals surface area contributed by atoms with Gasteiger partial charge in [-0.1, -0.05) is 48.7 Å². The SMILES string of the molecule is COC(=O)Nc1ccc(-c2cnn(C(CC3CC3)c3ccc(-c4cc(Cl)ccc4-c4ccn[nH]4)cn3)c2)cc1. The Hall–Kier alpha value is -4.43. The normalized spacial score (nSPS) is 13.7. The van der Waals surface area contributed by atoms with Crippen LogP contribution >= 0.6 is 11.6 Å². The summed E-state index contributed by atoms with van der Waals surface area (Å²) in [6.07, 6.45) is 10.6. The van der Waals surface area contributed by atoms with Crippen molar-refractivity contribution in [3.8, 4) is 33.5 Å². The molecule has 39 heavy (non-hydrogen) atoms. The monoisotopic (exact) mass is 538 g/mol. The van der Waals surface area contributed by atoms with Crippen LogP contribution in [-0.2, 0) is 4.74 Å². The number of benzene rings is 2. The van der Waals surface area contributed by atoms with Gasteiger partial charge in [0.2, 0.25) is 0 Å². The van der Waals surface area contributed by atoms with Gasteiger partial charge < -0.3 is 4.74 Å². The number of aromatic amines is 1. The lowest BCUT2D eigenvalue weighted by Crippen LogP contribution is -2.13. The number of carbonyl (C=O) groups excluding carboxylic acids is 1. The van der Waals surface area contributed by atoms with Crippen LogP contribution < -0.4 is 5.32 Å². The zero-order valence-electron chi connectivity index (χ0n) is 21.3. The van der Waals surface area contributed by atoms with Gasteiger partial charge in [-0.05, 0) is 59.9 Å². The molecule has 5 aromatic rings. The van der Waals surface area contributed by atoms with Gasteiger partial charge >= 0.3 is 6.09 Å². The van der Waals surface area contributed by atoms with Crippen LogP contribution in [0.4, 0.5) is 10.5 Å². The summed E-state index contributed by atoms with van der Waals surface area (Å²) in [6, 6.07) is 19.6. The first-order valence-electron chi connectivity index (χ1n) is 12.8. The fourth-order valence-electron chi connectivity index (χ4n) is 4.76. The highest BCUT2D eigenvalue weighted by Gasteiger charge is 2.28. The summed E-state index contributed by atoms with van der Waals surface area (Å²) >= 11 is 6.36. The second-order valence-electron chi connectivity index (χ2n) is 9.73. The maximum atomic E-state index is 11.5. The number of methoxy groups -OCH3 is 1. The van der Waals surface area contributed by atoms with Gasteiger partial charge in [-0.2, -0.15) is 10.2 Å². The maximum Gasteiger partial charge on any atom is 0.411 e. The molecule has 0 radical (unpaired) electrons. The third-order valence-corrected chi connectivity index (χ3v) is 7.27. The van der Waals surface area contributed by atoms with Crippen molar-refractivity contribution < 1.29 is 9.53 Å². The highest BCUT2D eigenvalue weighted by molar-refractivity contribution is 6.31. The van der Waals surface area contributed by atoms with E-state index in [9.17, 15) is 4.79 Å². The molecule has 1 unspecified atom stereocenters. The number of nitrogens with zero attached hydrogens (tertiary/aromatic N) is 4. The zero-order chi connectivity index (χ0) is 26.8. The fraction of sp³-hybridized carbons (Fsp3) is 0.200. The Morgan fingerprint density at radius 1 is 1.05 bits per heavy atom. The molecule has 3 aromatic heterocycles. The summed E-state index contributed by atoms with van der Waals surface area (Å²) in [5, 5.41) is 15.2. The highest BCUT2D eigenvalue weighted by Crippen LogP contribution is 2.40. The van der Waals surface area contributed by atoms with Gasteiger partial charge in [-0.25, -0.2) is 4.79 Å². The van der Waals surface area contributed by atoms with Gasteiger partial charge in [0.25, 0.3) is 0 Å². The number of carbonyl (C=O) groups is 1. The number of ether oxygens (including phenoxy) is 1. The number of anilines is 1. The lowest BCUT2D eigenvalue weighted by Gasteiger charge is -2.18. The van der Waals surface area contributed by atoms with Crippen molar-refractivity contribution in [1.29, 1.82) is 0 Å². The Labute approximate surface area is 231 Å². The molecule has 1 aliphatic rings. The van der Waals surface area contributed by atoms with E-state index in [2.05, 4.69) is 38.6 Å². The number of rotatable bonds is 8. The molecular weight excluding hydrogens is 512 g/mol. The quantitative estimate of drug-likeness (QED) is 0.217. The summed E-state index contributed by atoms with van der Waals surface area (Å²) < 4.78 is 6.68. The number of nitrogens with one attached hydrogen (secondary N) is 2. The molecule has 3 heterocycles. The predicted octanol–water partition coefficient (Wildman–Crippen LogP) is 7.22. The largest absolute Gasteiger partial charge is 0.453 e. The topological polar surface area (TPSA) is 97.7 Å². The Balaban J connectivity index is 1.27. The molecule has 8 nitrogen and oxygen atoms in total. The molecule has 1 atom stereocenters. The molecule has 2 aromatic carbocycles. The van der Waals surface area contributed by atoms with Gasteiger partial charge in [-0.3, -0.25) is 20.1 Å². The first-order chi connectivity index (χ1) is 19.1. The highest BCUT2D eigenvalue weighted by atomic mass is 35.5. The molecule has 2 N–H and O–H groups in total. The number of hydrogen-bond acceptors (Lipinski definition) is 5. The van der Waals surface area contributed by atoms with Crippen molar-refractivity contribution in [3.63, 3.8) is 0 Å². The number of H-pyrrole nitrogens is 1. The molecule has 0 saturated heterocycles. The number of halogens is 1. The Morgan fingerprint density at radius 3 is 2.56 bits per heavy atom. The van der Waals surface area contributed by atoms with Crippen LogP contribution in [0.1, 0.15) is 31.0 Å². The minimum Gasteiger partial charge on any atom is -0.453 e. The van der Waals surface area contributed by atoms with Crippen molar-refractivity contribution >= 4 is 23.4 Å². The molecule has 0 bridgehead atoms. The van der Waals surface area contributed by atoms with E-state index in [1.165, 1.54) is 20.0 Å². The molecule has 1 fully saturated rings. The second-order valence-corrected chi connectivity index (χ2v) is 10.2. The summed E-state index contributed by atoms with van der Waals surface area (Å²) in [7, 11) is 1.34. The van der Waals surface area contributed by atoms with Crippen molar-refractivity contribution in [3.05, 3.63) is 96.2 Å². The lowest BCUT2D eigenvalue weighted by atomic mass is 9.98. The van der Waals surface area contributed by atoms with Crippen LogP contribution in [0.3, 0.4) is 0 Å². The van der Waals surface area contributed by atoms with Gasteiger partial charge in [0.05, 0.1) is 30.7 Å². The predicted molar refractivity (Wildman–Crippen MR) is 151 cm³/mol. The Kier molecular flexibility index (Phi) is 6.85. The first-order valence-corrected chi connectivity index (χ1v) is 13.2. The van der Waals surface area contributed by atoms with E-state index in [-0.39, 0.29) is 6.04 Å². The van der Waals surface area contributed by atoms with Crippen molar-refractivity contribution in [2.45, 2.75) is 25.3 Å². The molecule has 0 spiro atoms. The fourth-order valence-corrected chi connectivity index (χ4v) is 4.94. The molecule has 0 aliphatic heterocycles. The Morgan fingerprint density at radius 2 is 1.87 bits per heavy atom. The Bertz CT molecular complexity index is 1580. The van der Waals surface area contributed by atoms with Gasteiger partial charge in [0.1, 0.15) is 0 Å². The first kappa shape index (κ1) is 24.9. The van der Waals surface area contributed by atoms with Crippen LogP contribution in [0.15, 0.2) is 85.5 Å². The van der Waals surface area contributed by atoms with Crippen LogP contribution in [-0.4, -0.2) is 38.2 Å². The maximum absolute atomic E-state index is 11.5. The average molecular weight is 539 g/mol. The van der Waals surface area contributed by atoms with Crippen LogP contribution in [0, 0.1) is 5.92 Å². The molecule has 196 valence electrons. The van der Waals surface area contributed by atoms with E-state index >= 15 is 0 Å². The van der Waals surface area contributed by atoms with Gasteiger partial charge in [0.15, 0.2) is 0 Å². The zero-order valence-corrected chi connectivity index (χ0v) is 22.1. The average Bonchev–Trinajstić information content (AvgIpc) is 3.39. The molecule has 1 aliphatic carbocycles. The summed E-state index contributed by atoms with van der Waals surface area (Å²) in [5.41, 5.74) is 7.58. The smallest absolute Gasteiger partial charge is 0.411 e. The lowest BCUT2D eigenvalue weighted by molar-refractivity contribution is 0.187. The van der Waals surface area contributed by atoms with Gasteiger partial charge in [0, 0.05) is 46.0 Å². The van der Waals surface area contributed by atoms with E-state index in [0.717, 1.165) is 45.6 Å². The van der Waals surface area contributed by atoms with Crippen LogP contribution in [0.5, 0.6) is 0 Å². The third kappa shape index (κ3) is 5.56. The number of hydrogen-bond donors (Lipinski definition) is 2. The van der Waals surface area contributed by atoms with Crippen LogP contribution in [0.2, 0.25) is 5.02 Å². The molecule has 1 saturated carbocycles. The minimum absolute atomic E-state index is 0.0343. The number of pyridine rings is 1. The van der Waals surface area contributed by atoms with E-state index in [0.29, 0.717) is 16.6 Å². The molecule has 9 heteroatoms. The van der Waals surface area contributed by atoms with Gasteiger partial charge in [-0.15, -0.1) is 0 Å². The third-order valence-electron chi connectivity index (χ3n) is 7.04. The second kappa shape index (κ2) is 10.7. The standard InChI is InChI=1S/C30H27ClN6O2/c1-39-30(38)35-24-8-4-20(5-9-24)22-17-34-37(18-22)29(14-19-2-3-19)28-11-6-21(16-32-28)26-15-23(31)7-10-25(26)27-12-13-33-36-27/h4-13,15-19,29H,2-3,14H2,1H3,(H,33,36)(H,35,38). The van der Waals surface area contributed by atoms with E-state index < -0.39 is 6.09 Å². The number of amides is 1. The molecular formula is C30H27ClN6O2. The van der Waals surface area contributed by atoms with Crippen molar-refractivity contribution in [2.24, 2.45) is 5.92 Å². The summed E-state index contributed by atoms with van der Waals surface area (Å²) in [5.74, 6) is 0.688. The van der Waals surface area contributed by atoms with E-state index in [1.54, 1.807) is 6.20 Å². The van der Waals surface area contributed by atoms with E-state index in [1.807, 2.05) is 65.6 Å². The van der Waals surface area contributed by atoms with E-state index in [4.69, 9.17) is 21.7 Å².